The van der Waals surface area contributed by atoms with Crippen LogP contribution in [-0.4, -0.2) is 25.0 Å². The average Bonchev–Trinajstić information content (AvgIpc) is 3.31. The molecule has 5 heteroatoms. The average molecular weight is 527 g/mol. The van der Waals surface area contributed by atoms with E-state index >= 15 is 0 Å². The molecule has 0 bridgehead atoms. The van der Waals surface area contributed by atoms with Crippen molar-refractivity contribution in [2.75, 3.05) is 20.1 Å². The van der Waals surface area contributed by atoms with Gasteiger partial charge in [0.15, 0.2) is 5.69 Å². The molecule has 2 nitrogen and oxygen atoms in total. The van der Waals surface area contributed by atoms with E-state index < -0.39 is 0 Å². The predicted molar refractivity (Wildman–Crippen MR) is 106 cm³/mol. The van der Waals surface area contributed by atoms with E-state index in [1.807, 2.05) is 11.3 Å². The van der Waals surface area contributed by atoms with Gasteiger partial charge in [0.1, 0.15) is 17.9 Å². The van der Waals surface area contributed by atoms with Gasteiger partial charge in [-0.2, -0.15) is 0 Å². The highest BCUT2D eigenvalue weighted by molar-refractivity contribution is 9.10. The van der Waals surface area contributed by atoms with Gasteiger partial charge in [0.05, 0.1) is 17.5 Å². The summed E-state index contributed by atoms with van der Waals surface area (Å²) >= 11 is 5.50. The van der Waals surface area contributed by atoms with Crippen LogP contribution in [-0.2, 0) is 0 Å². The summed E-state index contributed by atoms with van der Waals surface area (Å²) in [6.07, 6.45) is 9.60. The Balaban J connectivity index is 0.00000157. The third-order valence-corrected chi connectivity index (χ3v) is 7.19. The molecule has 0 N–H and O–H groups in total. The summed E-state index contributed by atoms with van der Waals surface area (Å²) in [5.41, 5.74) is 5.72. The van der Waals surface area contributed by atoms with E-state index in [4.69, 9.17) is 0 Å². The molecule has 1 aromatic carbocycles. The van der Waals surface area contributed by atoms with Gasteiger partial charge in [0, 0.05) is 15.9 Å². The van der Waals surface area contributed by atoms with Gasteiger partial charge < -0.3 is 24.0 Å². The molecule has 1 aromatic heterocycles. The molecular weight excluding hydrogens is 507 g/mol. The minimum absolute atomic E-state index is 0. The lowest BCUT2D eigenvalue weighted by Gasteiger charge is -2.28. The summed E-state index contributed by atoms with van der Waals surface area (Å²) in [5.74, 6) is 0. The Bertz CT molecular complexity index is 864. The molecule has 1 fully saturated rings. The fraction of sp³-hybridized carbons (Fsp3) is 0.300. The summed E-state index contributed by atoms with van der Waals surface area (Å²) in [4.78, 5) is 4.23. The van der Waals surface area contributed by atoms with Crippen molar-refractivity contribution in [1.29, 1.82) is 0 Å². The third-order valence-electron chi connectivity index (χ3n) is 5.63. The number of rotatable bonds is 2. The van der Waals surface area contributed by atoms with Gasteiger partial charge in [-0.15, -0.1) is 11.3 Å². The van der Waals surface area contributed by atoms with E-state index in [9.17, 15) is 0 Å². The Labute approximate surface area is 178 Å². The maximum atomic E-state index is 3.55. The van der Waals surface area contributed by atoms with Crippen LogP contribution < -0.4 is 28.5 Å². The molecule has 3 aliphatic rings. The minimum atomic E-state index is 0. The first kappa shape index (κ1) is 17.9. The lowest BCUT2D eigenvalue weighted by atomic mass is 10.1. The monoisotopic (exact) mass is 526 g/mol. The molecule has 5 rings (SSSR count). The van der Waals surface area contributed by atoms with Crippen molar-refractivity contribution in [3.63, 3.8) is 0 Å². The number of likely N-dealkylation sites (tertiary alicyclic amines) is 1. The summed E-state index contributed by atoms with van der Waals surface area (Å²) < 4.78 is 1.99. The van der Waals surface area contributed by atoms with Crippen LogP contribution in [0.2, 0.25) is 0 Å². The largest absolute Gasteiger partial charge is 1.00 e. The zero-order chi connectivity index (χ0) is 16.3. The molecule has 2 atom stereocenters. The second-order valence-corrected chi connectivity index (χ2v) is 8.85. The van der Waals surface area contributed by atoms with Crippen molar-refractivity contribution in [3.8, 4) is 11.1 Å². The van der Waals surface area contributed by atoms with Gasteiger partial charge in [0.2, 0.25) is 0 Å². The standard InChI is InChI=1S/C20H20BrN2S.HI/c1-23-12-4-5-17(23)18(22-10-2-3-11-22)20-19(23)16(13-24-20)14-6-8-15(21)9-7-14;/h4-9,12-13,18H,2-3,10-11H2,1H3;1H/q+1;/p-1. The molecule has 1 saturated heterocycles. The Morgan fingerprint density at radius 2 is 1.88 bits per heavy atom. The molecule has 0 radical (unpaired) electrons. The van der Waals surface area contributed by atoms with Crippen LogP contribution in [0.3, 0.4) is 0 Å². The number of nitrogens with zero attached hydrogens (tertiary/aromatic N) is 2. The number of halogens is 2. The molecule has 0 saturated carbocycles. The quantitative estimate of drug-likeness (QED) is 0.429. The number of hydrogen-bond acceptors (Lipinski definition) is 2. The number of hydrogen-bond donors (Lipinski definition) is 0. The van der Waals surface area contributed by atoms with Crippen molar-refractivity contribution in [2.24, 2.45) is 0 Å². The first-order valence-corrected chi connectivity index (χ1v) is 10.2. The van der Waals surface area contributed by atoms with Crippen molar-refractivity contribution < 1.29 is 24.0 Å². The van der Waals surface area contributed by atoms with Crippen LogP contribution in [0.25, 0.3) is 11.1 Å². The SMILES string of the molecule is C[N+]12C=CC=C1C(N1CCCC1)c1scc(-c3ccc(Br)cc3)c12.[I-]. The predicted octanol–water partition coefficient (Wildman–Crippen LogP) is 2.68. The maximum absolute atomic E-state index is 3.55. The zero-order valence-electron chi connectivity index (χ0n) is 14.1. The number of thiophene rings is 1. The Kier molecular flexibility index (Phi) is 4.73. The lowest BCUT2D eigenvalue weighted by molar-refractivity contribution is -0.00000449. The van der Waals surface area contributed by atoms with Gasteiger partial charge in [0.25, 0.3) is 0 Å². The number of allylic oxidation sites excluding steroid dienone is 2. The Morgan fingerprint density at radius 1 is 1.16 bits per heavy atom. The second kappa shape index (κ2) is 6.60. The molecule has 0 spiro atoms. The molecule has 4 heterocycles. The number of fused-ring (bicyclic) bond motifs is 3. The first-order chi connectivity index (χ1) is 11.7. The molecule has 0 aliphatic carbocycles. The van der Waals surface area contributed by atoms with Crippen molar-refractivity contribution in [3.05, 3.63) is 63.0 Å². The number of benzene rings is 1. The summed E-state index contributed by atoms with van der Waals surface area (Å²) in [5, 5.41) is 2.36. The van der Waals surface area contributed by atoms with E-state index in [0.29, 0.717) is 6.04 Å². The summed E-state index contributed by atoms with van der Waals surface area (Å²) in [6.45, 7) is 2.46. The number of likely N-dealkylation sites (N-methyl/N-ethyl adjacent to an activating group) is 1. The summed E-state index contributed by atoms with van der Waals surface area (Å²) in [6, 6.07) is 9.21. The smallest absolute Gasteiger partial charge is 0.166 e. The highest BCUT2D eigenvalue weighted by Gasteiger charge is 2.52. The van der Waals surface area contributed by atoms with Crippen LogP contribution in [0, 0.1) is 0 Å². The fourth-order valence-electron chi connectivity index (χ4n) is 4.46. The van der Waals surface area contributed by atoms with Gasteiger partial charge in [-0.3, -0.25) is 4.90 Å². The van der Waals surface area contributed by atoms with Crippen LogP contribution in [0.15, 0.2) is 58.2 Å². The maximum Gasteiger partial charge on any atom is 0.166 e. The Morgan fingerprint density at radius 3 is 2.60 bits per heavy atom. The lowest BCUT2D eigenvalue weighted by Crippen LogP contribution is -3.00. The first-order valence-electron chi connectivity index (χ1n) is 8.56. The molecule has 130 valence electrons. The minimum Gasteiger partial charge on any atom is -1.00 e. The van der Waals surface area contributed by atoms with E-state index in [1.165, 1.54) is 48.4 Å². The van der Waals surface area contributed by atoms with E-state index in [-0.39, 0.29) is 24.0 Å². The topological polar surface area (TPSA) is 3.24 Å². The zero-order valence-corrected chi connectivity index (χ0v) is 18.6. The van der Waals surface area contributed by atoms with E-state index in [2.05, 4.69) is 75.9 Å². The van der Waals surface area contributed by atoms with Crippen LogP contribution in [0.1, 0.15) is 23.8 Å². The van der Waals surface area contributed by atoms with Crippen LogP contribution in [0.4, 0.5) is 5.69 Å². The molecule has 2 aromatic rings. The van der Waals surface area contributed by atoms with E-state index in [0.717, 1.165) is 8.96 Å². The van der Waals surface area contributed by atoms with Gasteiger partial charge in [-0.1, -0.05) is 28.1 Å². The van der Waals surface area contributed by atoms with Crippen LogP contribution >= 0.6 is 27.3 Å². The Hall–Kier alpha value is -0.470. The van der Waals surface area contributed by atoms with Crippen LogP contribution in [0.5, 0.6) is 0 Å². The molecule has 25 heavy (non-hydrogen) atoms. The van der Waals surface area contributed by atoms with Crippen molar-refractivity contribution in [2.45, 2.75) is 18.9 Å². The normalized spacial score (nSPS) is 27.1. The second-order valence-electron chi connectivity index (χ2n) is 7.02. The summed E-state index contributed by atoms with van der Waals surface area (Å²) in [7, 11) is 2.35. The third kappa shape index (κ3) is 2.62. The van der Waals surface area contributed by atoms with E-state index in [1.54, 1.807) is 4.88 Å². The fourth-order valence-corrected chi connectivity index (χ4v) is 6.03. The highest BCUT2D eigenvalue weighted by Crippen LogP contribution is 2.58. The molecule has 0 amide bonds. The number of quaternary nitrogens is 1. The van der Waals surface area contributed by atoms with Gasteiger partial charge in [-0.05, 0) is 49.7 Å². The van der Waals surface area contributed by atoms with Crippen molar-refractivity contribution in [1.82, 2.24) is 9.38 Å². The highest BCUT2D eigenvalue weighted by atomic mass is 127. The van der Waals surface area contributed by atoms with Gasteiger partial charge in [-0.25, -0.2) is 4.48 Å². The molecule has 3 aliphatic heterocycles. The van der Waals surface area contributed by atoms with Gasteiger partial charge >= 0.3 is 0 Å². The van der Waals surface area contributed by atoms with Crippen molar-refractivity contribution >= 4 is 33.0 Å². The molecular formula is C20H20BrIN2S. The molecule has 2 unspecified atom stereocenters.